The van der Waals surface area contributed by atoms with Crippen LogP contribution in [0.4, 0.5) is 15.9 Å². The Bertz CT molecular complexity index is 2550. The van der Waals surface area contributed by atoms with E-state index in [1.807, 2.05) is 50.6 Å². The molecule has 0 bridgehead atoms. The van der Waals surface area contributed by atoms with E-state index >= 15 is 4.39 Å². The lowest BCUT2D eigenvalue weighted by Crippen LogP contribution is -2.50. The van der Waals surface area contributed by atoms with Gasteiger partial charge >= 0.3 is 0 Å². The number of hydrogen-bond acceptors (Lipinski definition) is 10. The molecule has 1 aliphatic carbocycles. The summed E-state index contributed by atoms with van der Waals surface area (Å²) >= 11 is 0. The van der Waals surface area contributed by atoms with Gasteiger partial charge in [0.25, 0.3) is 0 Å². The van der Waals surface area contributed by atoms with E-state index < -0.39 is 6.04 Å². The Balaban J connectivity index is 0.816. The van der Waals surface area contributed by atoms with Gasteiger partial charge in [0.1, 0.15) is 23.7 Å². The minimum atomic E-state index is -0.544. The lowest BCUT2D eigenvalue weighted by molar-refractivity contribution is -0.134. The number of anilines is 2. The van der Waals surface area contributed by atoms with E-state index in [2.05, 4.69) is 66.9 Å². The molecule has 334 valence electrons. The molecule has 3 saturated heterocycles. The number of benzene rings is 1. The molecule has 1 saturated carbocycles. The third-order valence-corrected chi connectivity index (χ3v) is 14.5. The van der Waals surface area contributed by atoms with Crippen molar-refractivity contribution in [2.24, 2.45) is 5.41 Å². The lowest BCUT2D eigenvalue weighted by Gasteiger charge is -2.41. The first-order valence-electron chi connectivity index (χ1n) is 23.1. The van der Waals surface area contributed by atoms with Crippen molar-refractivity contribution in [1.82, 2.24) is 39.9 Å². The van der Waals surface area contributed by atoms with E-state index in [0.29, 0.717) is 29.8 Å². The summed E-state index contributed by atoms with van der Waals surface area (Å²) in [5.41, 5.74) is 5.85. The van der Waals surface area contributed by atoms with Crippen LogP contribution < -0.4 is 20.9 Å². The van der Waals surface area contributed by atoms with Crippen molar-refractivity contribution in [2.75, 3.05) is 36.4 Å². The monoisotopic (exact) mass is 867 g/mol. The second kappa shape index (κ2) is 18.2. The van der Waals surface area contributed by atoms with Crippen LogP contribution in [0.3, 0.4) is 0 Å². The first kappa shape index (κ1) is 43.1. The zero-order valence-corrected chi connectivity index (χ0v) is 37.0. The minimum Gasteiger partial charge on any atom is -0.374 e. The molecule has 5 aromatic rings. The Kier molecular flexibility index (Phi) is 12.2. The number of rotatable bonds is 11. The van der Waals surface area contributed by atoms with E-state index in [0.717, 1.165) is 123 Å². The zero-order valence-electron chi connectivity index (χ0n) is 37.0. The molecular formula is C49H58FN11O3. The standard InChI is InChI=1S/C49H58FN11O3/c1-4-49(48(64)55-31(2)3)17-21-59(22-18-49)44-13-5-33(26-52-44)41-23-34(29-61-46(41)35(25-51)27-54-61)36-28-53-60(30-36)39-9-7-38(8-10-39)58-19-15-32(16-20-58)40-11-6-37(24-42(40)50)56-43-12-14-45(62)57-47(43)63/h5-6,11,13,23-24,26-32,38-39,43,56H,4,7-10,12,14-22H2,1-3H3,(H,55,64)(H,57,62,63)/t38?,39?,43-/m0/s1. The number of nitrogens with zero attached hydrogens (tertiary/aromatic N) is 8. The molecule has 3 aliphatic heterocycles. The summed E-state index contributed by atoms with van der Waals surface area (Å²) in [4.78, 5) is 46.5. The predicted molar refractivity (Wildman–Crippen MR) is 243 cm³/mol. The smallest absolute Gasteiger partial charge is 0.249 e. The Morgan fingerprint density at radius 2 is 1.67 bits per heavy atom. The number of carbonyl (C=O) groups is 3. The maximum Gasteiger partial charge on any atom is 0.249 e. The fourth-order valence-corrected chi connectivity index (χ4v) is 10.6. The number of fused-ring (bicyclic) bond motifs is 1. The lowest BCUT2D eigenvalue weighted by atomic mass is 9.75. The summed E-state index contributed by atoms with van der Waals surface area (Å²) in [7, 11) is 0. The van der Waals surface area contributed by atoms with Crippen LogP contribution in [0.5, 0.6) is 0 Å². The molecule has 9 rings (SSSR count). The number of imide groups is 1. The summed E-state index contributed by atoms with van der Waals surface area (Å²) < 4.78 is 19.3. The molecule has 3 N–H and O–H groups in total. The van der Waals surface area contributed by atoms with Gasteiger partial charge < -0.3 is 20.4 Å². The molecule has 0 unspecified atom stereocenters. The Morgan fingerprint density at radius 1 is 0.906 bits per heavy atom. The summed E-state index contributed by atoms with van der Waals surface area (Å²) in [6, 6.07) is 14.1. The summed E-state index contributed by atoms with van der Waals surface area (Å²) in [5, 5.41) is 28.0. The van der Waals surface area contributed by atoms with Gasteiger partial charge in [-0.15, -0.1) is 0 Å². The second-order valence-corrected chi connectivity index (χ2v) is 18.6. The topological polar surface area (TPSA) is 166 Å². The molecule has 3 amide bonds. The molecule has 15 heteroatoms. The Hall–Kier alpha value is -6.14. The number of likely N-dealkylation sites (tertiary alicyclic amines) is 1. The Labute approximate surface area is 373 Å². The SMILES string of the molecule is CCC1(C(=O)NC(C)C)CCN(c2ccc(-c3cc(-c4cnn(C5CCC(N6CCC(c7ccc(N[C@H]8CCC(=O)NC8=O)cc7F)CC6)CC5)c4)cn4ncc(C#N)c34)cn2)CC1. The van der Waals surface area contributed by atoms with Crippen LogP contribution in [0.1, 0.15) is 114 Å². The highest BCUT2D eigenvalue weighted by Crippen LogP contribution is 2.39. The third-order valence-electron chi connectivity index (χ3n) is 14.5. The molecule has 0 radical (unpaired) electrons. The van der Waals surface area contributed by atoms with Gasteiger partial charge in [-0.3, -0.25) is 24.4 Å². The summed E-state index contributed by atoms with van der Waals surface area (Å²) in [5.74, 6) is 0.280. The molecule has 14 nitrogen and oxygen atoms in total. The molecule has 64 heavy (non-hydrogen) atoms. The van der Waals surface area contributed by atoms with Gasteiger partial charge in [0.15, 0.2) is 0 Å². The quantitative estimate of drug-likeness (QED) is 0.114. The highest BCUT2D eigenvalue weighted by molar-refractivity contribution is 6.01. The Morgan fingerprint density at radius 3 is 2.34 bits per heavy atom. The number of hydrogen-bond donors (Lipinski definition) is 3. The maximum absolute atomic E-state index is 15.4. The molecule has 4 aliphatic rings. The molecular weight excluding hydrogens is 810 g/mol. The normalized spacial score (nSPS) is 22.1. The molecule has 0 spiro atoms. The number of nitriles is 1. The van der Waals surface area contributed by atoms with E-state index in [-0.39, 0.29) is 47.3 Å². The molecule has 1 atom stereocenters. The van der Waals surface area contributed by atoms with Gasteiger partial charge in [-0.25, -0.2) is 13.9 Å². The van der Waals surface area contributed by atoms with Gasteiger partial charge in [-0.2, -0.15) is 15.5 Å². The van der Waals surface area contributed by atoms with Crippen molar-refractivity contribution in [3.05, 3.63) is 84.3 Å². The number of piperidine rings is 3. The molecule has 4 aromatic heterocycles. The van der Waals surface area contributed by atoms with Crippen molar-refractivity contribution in [2.45, 2.75) is 121 Å². The average Bonchev–Trinajstić information content (AvgIpc) is 3.98. The van der Waals surface area contributed by atoms with Crippen LogP contribution in [0, 0.1) is 22.6 Å². The second-order valence-electron chi connectivity index (χ2n) is 18.6. The van der Waals surface area contributed by atoms with Crippen LogP contribution in [0.15, 0.2) is 67.4 Å². The van der Waals surface area contributed by atoms with Crippen molar-refractivity contribution in [3.8, 4) is 28.3 Å². The first-order valence-corrected chi connectivity index (χ1v) is 23.1. The van der Waals surface area contributed by atoms with Gasteiger partial charge in [-0.1, -0.05) is 13.0 Å². The summed E-state index contributed by atoms with van der Waals surface area (Å²) in [6.45, 7) is 9.49. The molecule has 7 heterocycles. The van der Waals surface area contributed by atoms with E-state index in [1.165, 1.54) is 6.07 Å². The fraction of sp³-hybridized carbons (Fsp3) is 0.490. The third kappa shape index (κ3) is 8.72. The number of halogens is 1. The van der Waals surface area contributed by atoms with Gasteiger partial charge in [-0.05, 0) is 133 Å². The van der Waals surface area contributed by atoms with Crippen LogP contribution in [-0.4, -0.2) is 91.3 Å². The van der Waals surface area contributed by atoms with Crippen LogP contribution >= 0.6 is 0 Å². The minimum absolute atomic E-state index is 0.114. The van der Waals surface area contributed by atoms with Crippen LogP contribution in [0.25, 0.3) is 27.8 Å². The number of aromatic nitrogens is 5. The number of carbonyl (C=O) groups excluding carboxylic acids is 3. The highest BCUT2D eigenvalue weighted by atomic mass is 19.1. The first-order chi connectivity index (χ1) is 31.0. The average molecular weight is 868 g/mol. The van der Waals surface area contributed by atoms with Crippen LogP contribution in [-0.2, 0) is 14.4 Å². The number of amides is 3. The van der Waals surface area contributed by atoms with Gasteiger partial charge in [0.05, 0.1) is 34.9 Å². The van der Waals surface area contributed by atoms with E-state index in [9.17, 15) is 19.6 Å². The van der Waals surface area contributed by atoms with Gasteiger partial charge in [0, 0.05) is 78.1 Å². The molecule has 4 fully saturated rings. The van der Waals surface area contributed by atoms with Crippen molar-refractivity contribution < 1.29 is 18.8 Å². The largest absolute Gasteiger partial charge is 0.374 e. The van der Waals surface area contributed by atoms with E-state index in [1.54, 1.807) is 10.7 Å². The zero-order chi connectivity index (χ0) is 44.5. The molecule has 1 aromatic carbocycles. The number of nitrogens with one attached hydrogen (secondary N) is 3. The highest BCUT2D eigenvalue weighted by Gasteiger charge is 2.40. The van der Waals surface area contributed by atoms with E-state index in [4.69, 9.17) is 10.1 Å². The maximum atomic E-state index is 15.4. The van der Waals surface area contributed by atoms with Crippen molar-refractivity contribution in [3.63, 3.8) is 0 Å². The van der Waals surface area contributed by atoms with Crippen molar-refractivity contribution in [1.29, 1.82) is 5.26 Å². The number of pyridine rings is 2. The fourth-order valence-electron chi connectivity index (χ4n) is 10.6. The van der Waals surface area contributed by atoms with Crippen molar-refractivity contribution >= 4 is 34.7 Å². The summed E-state index contributed by atoms with van der Waals surface area (Å²) in [6.07, 6.45) is 18.5. The van der Waals surface area contributed by atoms with Gasteiger partial charge in [0.2, 0.25) is 17.7 Å². The van der Waals surface area contributed by atoms with Crippen LogP contribution in [0.2, 0.25) is 0 Å². The predicted octanol–water partition coefficient (Wildman–Crippen LogP) is 7.37.